The topological polar surface area (TPSA) is 76.4 Å². The SMILES string of the molecule is CCc1nncn1CCNC(=NC)NCc1ccc(COCC(F)(F)F)cc1. The van der Waals surface area contributed by atoms with Crippen LogP contribution in [0.2, 0.25) is 0 Å². The van der Waals surface area contributed by atoms with Gasteiger partial charge in [0.2, 0.25) is 0 Å². The lowest BCUT2D eigenvalue weighted by molar-refractivity contribution is -0.176. The highest BCUT2D eigenvalue weighted by Gasteiger charge is 2.27. The van der Waals surface area contributed by atoms with Crippen LogP contribution in [0.1, 0.15) is 23.9 Å². The molecule has 10 heteroatoms. The summed E-state index contributed by atoms with van der Waals surface area (Å²) >= 11 is 0. The molecule has 0 bridgehead atoms. The normalized spacial score (nSPS) is 12.2. The summed E-state index contributed by atoms with van der Waals surface area (Å²) in [5, 5.41) is 14.4. The average molecular weight is 398 g/mol. The van der Waals surface area contributed by atoms with E-state index in [1.54, 1.807) is 25.5 Å². The van der Waals surface area contributed by atoms with Gasteiger partial charge in [0.25, 0.3) is 0 Å². The van der Waals surface area contributed by atoms with Crippen molar-refractivity contribution in [3.05, 3.63) is 47.5 Å². The average Bonchev–Trinajstić information content (AvgIpc) is 3.12. The minimum atomic E-state index is -4.31. The van der Waals surface area contributed by atoms with Crippen LogP contribution in [-0.4, -0.2) is 47.1 Å². The fraction of sp³-hybridized carbons (Fsp3) is 0.500. The molecule has 0 aliphatic rings. The van der Waals surface area contributed by atoms with Gasteiger partial charge in [-0.1, -0.05) is 31.2 Å². The second-order valence-electron chi connectivity index (χ2n) is 6.07. The van der Waals surface area contributed by atoms with E-state index in [4.69, 9.17) is 0 Å². The first-order valence-corrected chi connectivity index (χ1v) is 8.94. The Morgan fingerprint density at radius 3 is 2.54 bits per heavy atom. The maximum atomic E-state index is 12.1. The van der Waals surface area contributed by atoms with Crippen molar-refractivity contribution in [2.75, 3.05) is 20.2 Å². The maximum absolute atomic E-state index is 12.1. The molecule has 1 aromatic carbocycles. The fourth-order valence-electron chi connectivity index (χ4n) is 2.48. The van der Waals surface area contributed by atoms with Crippen molar-refractivity contribution >= 4 is 5.96 Å². The van der Waals surface area contributed by atoms with E-state index < -0.39 is 12.8 Å². The van der Waals surface area contributed by atoms with Gasteiger partial charge >= 0.3 is 6.18 Å². The molecule has 0 spiro atoms. The summed E-state index contributed by atoms with van der Waals surface area (Å²) in [5.41, 5.74) is 1.67. The highest BCUT2D eigenvalue weighted by molar-refractivity contribution is 5.79. The Labute approximate surface area is 162 Å². The summed E-state index contributed by atoms with van der Waals surface area (Å²) in [5.74, 6) is 1.59. The van der Waals surface area contributed by atoms with E-state index in [-0.39, 0.29) is 6.61 Å². The number of nitrogens with one attached hydrogen (secondary N) is 2. The molecule has 0 amide bonds. The van der Waals surface area contributed by atoms with E-state index in [1.807, 2.05) is 23.6 Å². The van der Waals surface area contributed by atoms with E-state index in [1.165, 1.54) is 0 Å². The molecular formula is C18H25F3N6O. The van der Waals surface area contributed by atoms with Gasteiger partial charge in [-0.3, -0.25) is 4.99 Å². The van der Waals surface area contributed by atoms with Gasteiger partial charge in [-0.15, -0.1) is 10.2 Å². The number of aryl methyl sites for hydroxylation is 1. The zero-order valence-electron chi connectivity index (χ0n) is 16.0. The number of aliphatic imine (C=N–C) groups is 1. The van der Waals surface area contributed by atoms with E-state index in [2.05, 4.69) is 30.6 Å². The van der Waals surface area contributed by atoms with Crippen LogP contribution in [0.4, 0.5) is 13.2 Å². The van der Waals surface area contributed by atoms with Crippen molar-refractivity contribution in [2.45, 2.75) is 39.2 Å². The Balaban J connectivity index is 1.72. The smallest absolute Gasteiger partial charge is 0.367 e. The standard InChI is InChI=1S/C18H25F3N6O/c1-3-16-26-25-13-27(16)9-8-23-17(22-2)24-10-14-4-6-15(7-5-14)11-28-12-18(19,20)21/h4-7,13H,3,8-12H2,1-2H3,(H2,22,23,24). The van der Waals surface area contributed by atoms with E-state index in [0.717, 1.165) is 24.4 Å². The molecular weight excluding hydrogens is 373 g/mol. The Morgan fingerprint density at radius 1 is 1.18 bits per heavy atom. The number of hydrogen-bond donors (Lipinski definition) is 2. The molecule has 0 saturated heterocycles. The van der Waals surface area contributed by atoms with E-state index >= 15 is 0 Å². The molecule has 1 heterocycles. The van der Waals surface area contributed by atoms with Crippen LogP contribution in [0.5, 0.6) is 0 Å². The number of benzene rings is 1. The van der Waals surface area contributed by atoms with Gasteiger partial charge in [0.15, 0.2) is 5.96 Å². The van der Waals surface area contributed by atoms with Gasteiger partial charge < -0.3 is 19.9 Å². The number of aromatic nitrogens is 3. The van der Waals surface area contributed by atoms with Gasteiger partial charge in [0.1, 0.15) is 18.8 Å². The summed E-state index contributed by atoms with van der Waals surface area (Å²) in [7, 11) is 1.69. The van der Waals surface area contributed by atoms with Gasteiger partial charge in [0, 0.05) is 33.1 Å². The van der Waals surface area contributed by atoms with Gasteiger partial charge in [-0.05, 0) is 11.1 Å². The van der Waals surface area contributed by atoms with Crippen LogP contribution in [0.15, 0.2) is 35.6 Å². The lowest BCUT2D eigenvalue weighted by atomic mass is 10.1. The summed E-state index contributed by atoms with van der Waals surface area (Å²) in [6.45, 7) is 2.65. The Kier molecular flexibility index (Phi) is 8.24. The molecule has 28 heavy (non-hydrogen) atoms. The molecule has 7 nitrogen and oxygen atoms in total. The number of hydrogen-bond acceptors (Lipinski definition) is 4. The quantitative estimate of drug-likeness (QED) is 0.501. The third-order valence-electron chi connectivity index (χ3n) is 3.90. The predicted octanol–water partition coefficient (Wildman–Crippen LogP) is 2.28. The van der Waals surface area contributed by atoms with Crippen LogP contribution >= 0.6 is 0 Å². The molecule has 2 rings (SSSR count). The lowest BCUT2D eigenvalue weighted by Crippen LogP contribution is -2.38. The van der Waals surface area contributed by atoms with Crippen molar-refractivity contribution in [1.29, 1.82) is 0 Å². The first kappa shape index (κ1) is 21.7. The summed E-state index contributed by atoms with van der Waals surface area (Å²) in [6, 6.07) is 7.19. The van der Waals surface area contributed by atoms with Crippen LogP contribution in [0.25, 0.3) is 0 Å². The van der Waals surface area contributed by atoms with E-state index in [9.17, 15) is 13.2 Å². The maximum Gasteiger partial charge on any atom is 0.411 e. The number of ether oxygens (including phenoxy) is 1. The second-order valence-corrected chi connectivity index (χ2v) is 6.07. The summed E-state index contributed by atoms with van der Waals surface area (Å²) in [4.78, 5) is 4.17. The van der Waals surface area contributed by atoms with Crippen molar-refractivity contribution in [3.8, 4) is 0 Å². The lowest BCUT2D eigenvalue weighted by Gasteiger charge is -2.13. The molecule has 154 valence electrons. The minimum Gasteiger partial charge on any atom is -0.367 e. The second kappa shape index (κ2) is 10.6. The minimum absolute atomic E-state index is 0.0701. The van der Waals surface area contributed by atoms with Crippen molar-refractivity contribution in [1.82, 2.24) is 25.4 Å². The third-order valence-corrected chi connectivity index (χ3v) is 3.90. The molecule has 0 aliphatic carbocycles. The van der Waals surface area contributed by atoms with Crippen molar-refractivity contribution in [3.63, 3.8) is 0 Å². The van der Waals surface area contributed by atoms with Crippen molar-refractivity contribution < 1.29 is 17.9 Å². The molecule has 2 N–H and O–H groups in total. The molecule has 2 aromatic rings. The van der Waals surface area contributed by atoms with Crippen molar-refractivity contribution in [2.24, 2.45) is 4.99 Å². The Bertz CT molecular complexity index is 743. The molecule has 0 unspecified atom stereocenters. The first-order chi connectivity index (χ1) is 13.4. The zero-order chi connectivity index (χ0) is 20.4. The van der Waals surface area contributed by atoms with Gasteiger partial charge in [-0.25, -0.2) is 0 Å². The van der Waals surface area contributed by atoms with Gasteiger partial charge in [0.05, 0.1) is 6.61 Å². The number of halogens is 3. The summed E-state index contributed by atoms with van der Waals surface area (Å²) < 4.78 is 42.9. The fourth-order valence-corrected chi connectivity index (χ4v) is 2.48. The van der Waals surface area contributed by atoms with Gasteiger partial charge in [-0.2, -0.15) is 13.2 Å². The first-order valence-electron chi connectivity index (χ1n) is 8.94. The number of guanidine groups is 1. The molecule has 0 fully saturated rings. The molecule has 0 atom stereocenters. The number of rotatable bonds is 9. The van der Waals surface area contributed by atoms with Crippen LogP contribution in [-0.2, 0) is 30.9 Å². The predicted molar refractivity (Wildman–Crippen MR) is 99.8 cm³/mol. The Morgan fingerprint density at radius 2 is 1.89 bits per heavy atom. The molecule has 0 aliphatic heterocycles. The molecule has 0 saturated carbocycles. The molecule has 0 radical (unpaired) electrons. The van der Waals surface area contributed by atoms with Crippen LogP contribution < -0.4 is 10.6 Å². The van der Waals surface area contributed by atoms with Crippen LogP contribution in [0, 0.1) is 0 Å². The highest BCUT2D eigenvalue weighted by atomic mass is 19.4. The third kappa shape index (κ3) is 7.55. The monoisotopic (exact) mass is 398 g/mol. The van der Waals surface area contributed by atoms with Crippen LogP contribution in [0.3, 0.4) is 0 Å². The highest BCUT2D eigenvalue weighted by Crippen LogP contribution is 2.15. The van der Waals surface area contributed by atoms with E-state index in [0.29, 0.717) is 24.6 Å². The number of alkyl halides is 3. The summed E-state index contributed by atoms with van der Waals surface area (Å²) in [6.07, 6.45) is -1.78. The largest absolute Gasteiger partial charge is 0.411 e. The zero-order valence-corrected chi connectivity index (χ0v) is 16.0. The number of nitrogens with zero attached hydrogens (tertiary/aromatic N) is 4. The Hall–Kier alpha value is -2.62. The molecule has 1 aromatic heterocycles.